The molecule has 0 saturated carbocycles. The van der Waals surface area contributed by atoms with Crippen LogP contribution < -0.4 is 14.8 Å². The fraction of sp³-hybridized carbons (Fsp3) is 0.333. The third-order valence-electron chi connectivity index (χ3n) is 4.27. The van der Waals surface area contributed by atoms with Crippen LogP contribution in [0.4, 0.5) is 5.69 Å². The van der Waals surface area contributed by atoms with Crippen LogP contribution in [0.1, 0.15) is 23.2 Å². The zero-order chi connectivity index (χ0) is 19.8. The Labute approximate surface area is 163 Å². The molecule has 2 aromatic carbocycles. The summed E-state index contributed by atoms with van der Waals surface area (Å²) in [6, 6.07) is 13.6. The molecule has 1 saturated heterocycles. The molecule has 0 aromatic heterocycles. The number of esters is 1. The number of anilines is 1. The summed E-state index contributed by atoms with van der Waals surface area (Å²) in [6.45, 7) is 0.879. The highest BCUT2D eigenvalue weighted by Crippen LogP contribution is 2.23. The van der Waals surface area contributed by atoms with Crippen molar-refractivity contribution in [2.45, 2.75) is 18.9 Å². The number of benzene rings is 2. The Hall–Kier alpha value is -3.06. The van der Waals surface area contributed by atoms with E-state index in [0.717, 1.165) is 19.4 Å². The van der Waals surface area contributed by atoms with Gasteiger partial charge in [-0.05, 0) is 49.2 Å². The summed E-state index contributed by atoms with van der Waals surface area (Å²) in [5, 5.41) is 2.65. The molecule has 1 N–H and O–H groups in total. The highest BCUT2D eigenvalue weighted by atomic mass is 16.5. The van der Waals surface area contributed by atoms with E-state index in [0.29, 0.717) is 29.4 Å². The fourth-order valence-electron chi connectivity index (χ4n) is 2.80. The second-order valence-corrected chi connectivity index (χ2v) is 6.30. The SMILES string of the molecule is COc1ccccc1NC(=O)COC(=O)c1ccc(OCC2CCCO2)cc1. The lowest BCUT2D eigenvalue weighted by Gasteiger charge is -2.12. The van der Waals surface area contributed by atoms with Gasteiger partial charge in [0, 0.05) is 6.61 Å². The van der Waals surface area contributed by atoms with E-state index in [1.54, 1.807) is 48.5 Å². The quantitative estimate of drug-likeness (QED) is 0.704. The number of carbonyl (C=O) groups excluding carboxylic acids is 2. The Morgan fingerprint density at radius 3 is 2.64 bits per heavy atom. The zero-order valence-corrected chi connectivity index (χ0v) is 15.7. The third kappa shape index (κ3) is 5.47. The van der Waals surface area contributed by atoms with E-state index in [4.69, 9.17) is 18.9 Å². The maximum atomic E-state index is 12.1. The zero-order valence-electron chi connectivity index (χ0n) is 15.7. The highest BCUT2D eigenvalue weighted by Gasteiger charge is 2.16. The van der Waals surface area contributed by atoms with Crippen LogP contribution in [-0.2, 0) is 14.3 Å². The van der Waals surface area contributed by atoms with Crippen molar-refractivity contribution in [2.24, 2.45) is 0 Å². The average molecular weight is 385 g/mol. The Morgan fingerprint density at radius 2 is 1.93 bits per heavy atom. The van der Waals surface area contributed by atoms with Gasteiger partial charge in [0.2, 0.25) is 0 Å². The van der Waals surface area contributed by atoms with Crippen molar-refractivity contribution in [3.8, 4) is 11.5 Å². The number of ether oxygens (including phenoxy) is 4. The first-order chi connectivity index (χ1) is 13.7. The van der Waals surface area contributed by atoms with Crippen LogP contribution in [0.3, 0.4) is 0 Å². The van der Waals surface area contributed by atoms with Gasteiger partial charge >= 0.3 is 5.97 Å². The van der Waals surface area contributed by atoms with Gasteiger partial charge in [-0.3, -0.25) is 4.79 Å². The first kappa shape index (κ1) is 19.7. The van der Waals surface area contributed by atoms with Gasteiger partial charge in [-0.2, -0.15) is 0 Å². The lowest BCUT2D eigenvalue weighted by Crippen LogP contribution is -2.21. The fourth-order valence-corrected chi connectivity index (χ4v) is 2.80. The first-order valence-electron chi connectivity index (χ1n) is 9.10. The summed E-state index contributed by atoms with van der Waals surface area (Å²) in [6.07, 6.45) is 2.19. The van der Waals surface area contributed by atoms with Crippen molar-refractivity contribution in [3.63, 3.8) is 0 Å². The maximum Gasteiger partial charge on any atom is 0.338 e. The molecule has 148 valence electrons. The van der Waals surface area contributed by atoms with Crippen LogP contribution in [0.15, 0.2) is 48.5 Å². The number of methoxy groups -OCH3 is 1. The van der Waals surface area contributed by atoms with Crippen molar-refractivity contribution in [3.05, 3.63) is 54.1 Å². The number of amides is 1. The molecule has 0 spiro atoms. The molecule has 0 aliphatic carbocycles. The van der Waals surface area contributed by atoms with Crippen LogP contribution >= 0.6 is 0 Å². The van der Waals surface area contributed by atoms with E-state index < -0.39 is 18.5 Å². The van der Waals surface area contributed by atoms with Crippen molar-refractivity contribution in [2.75, 3.05) is 32.2 Å². The molecule has 1 aliphatic heterocycles. The topological polar surface area (TPSA) is 83.1 Å². The van der Waals surface area contributed by atoms with Crippen molar-refractivity contribution < 1.29 is 28.5 Å². The van der Waals surface area contributed by atoms with E-state index in [1.807, 2.05) is 0 Å². The Morgan fingerprint density at radius 1 is 1.14 bits per heavy atom. The van der Waals surface area contributed by atoms with Gasteiger partial charge in [0.15, 0.2) is 6.61 Å². The highest BCUT2D eigenvalue weighted by molar-refractivity contribution is 5.96. The molecule has 1 fully saturated rings. The number of hydrogen-bond donors (Lipinski definition) is 1. The number of hydrogen-bond acceptors (Lipinski definition) is 6. The summed E-state index contributed by atoms with van der Waals surface area (Å²) in [5.74, 6) is 0.150. The summed E-state index contributed by atoms with van der Waals surface area (Å²) >= 11 is 0. The lowest BCUT2D eigenvalue weighted by molar-refractivity contribution is -0.119. The molecular weight excluding hydrogens is 362 g/mol. The average Bonchev–Trinajstić information content (AvgIpc) is 3.25. The second kappa shape index (κ2) is 9.75. The van der Waals surface area contributed by atoms with E-state index in [1.165, 1.54) is 7.11 Å². The molecule has 1 heterocycles. The van der Waals surface area contributed by atoms with Gasteiger partial charge in [-0.1, -0.05) is 12.1 Å². The number of carbonyl (C=O) groups is 2. The van der Waals surface area contributed by atoms with Crippen molar-refractivity contribution >= 4 is 17.6 Å². The molecule has 7 heteroatoms. The van der Waals surface area contributed by atoms with Crippen LogP contribution in [0.25, 0.3) is 0 Å². The van der Waals surface area contributed by atoms with Gasteiger partial charge < -0.3 is 24.3 Å². The minimum atomic E-state index is -0.583. The van der Waals surface area contributed by atoms with Gasteiger partial charge in [0.25, 0.3) is 5.91 Å². The standard InChI is InChI=1S/C21H23NO6/c1-25-19-7-3-2-6-18(19)22-20(23)14-28-21(24)15-8-10-16(11-9-15)27-13-17-5-4-12-26-17/h2-3,6-11,17H,4-5,12-14H2,1H3,(H,22,23). The van der Waals surface area contributed by atoms with E-state index in [9.17, 15) is 9.59 Å². The van der Waals surface area contributed by atoms with Crippen LogP contribution in [0.5, 0.6) is 11.5 Å². The van der Waals surface area contributed by atoms with Gasteiger partial charge in [0.1, 0.15) is 18.1 Å². The van der Waals surface area contributed by atoms with E-state index >= 15 is 0 Å². The molecule has 2 aromatic rings. The van der Waals surface area contributed by atoms with E-state index in [-0.39, 0.29) is 6.10 Å². The number of para-hydroxylation sites is 2. The normalized spacial score (nSPS) is 15.7. The predicted molar refractivity (Wildman–Crippen MR) is 103 cm³/mol. The first-order valence-corrected chi connectivity index (χ1v) is 9.10. The Kier molecular flexibility index (Phi) is 6.86. The minimum Gasteiger partial charge on any atom is -0.495 e. The number of nitrogens with one attached hydrogen (secondary N) is 1. The summed E-state index contributed by atoms with van der Waals surface area (Å²) in [7, 11) is 1.51. The summed E-state index contributed by atoms with van der Waals surface area (Å²) in [4.78, 5) is 24.1. The van der Waals surface area contributed by atoms with Gasteiger partial charge in [-0.15, -0.1) is 0 Å². The minimum absolute atomic E-state index is 0.131. The Balaban J connectivity index is 1.45. The molecular formula is C21H23NO6. The molecule has 1 amide bonds. The molecule has 3 rings (SSSR count). The van der Waals surface area contributed by atoms with Crippen LogP contribution in [-0.4, -0.2) is 44.9 Å². The lowest BCUT2D eigenvalue weighted by atomic mass is 10.2. The monoisotopic (exact) mass is 385 g/mol. The van der Waals surface area contributed by atoms with E-state index in [2.05, 4.69) is 5.32 Å². The molecule has 0 bridgehead atoms. The van der Waals surface area contributed by atoms with Crippen LogP contribution in [0.2, 0.25) is 0 Å². The molecule has 1 unspecified atom stereocenters. The van der Waals surface area contributed by atoms with Crippen molar-refractivity contribution in [1.29, 1.82) is 0 Å². The number of rotatable bonds is 8. The summed E-state index contributed by atoms with van der Waals surface area (Å²) < 4.78 is 21.4. The van der Waals surface area contributed by atoms with Gasteiger partial charge in [0.05, 0.1) is 24.5 Å². The molecule has 7 nitrogen and oxygen atoms in total. The second-order valence-electron chi connectivity index (χ2n) is 6.30. The largest absolute Gasteiger partial charge is 0.495 e. The van der Waals surface area contributed by atoms with Gasteiger partial charge in [-0.25, -0.2) is 4.79 Å². The molecule has 1 atom stereocenters. The predicted octanol–water partition coefficient (Wildman–Crippen LogP) is 3.05. The Bertz CT molecular complexity index is 799. The summed E-state index contributed by atoms with van der Waals surface area (Å²) in [5.41, 5.74) is 0.855. The molecule has 28 heavy (non-hydrogen) atoms. The third-order valence-corrected chi connectivity index (χ3v) is 4.27. The maximum absolute atomic E-state index is 12.1. The smallest absolute Gasteiger partial charge is 0.338 e. The van der Waals surface area contributed by atoms with Crippen molar-refractivity contribution in [1.82, 2.24) is 0 Å². The van der Waals surface area contributed by atoms with Crippen LogP contribution in [0, 0.1) is 0 Å². The molecule has 1 aliphatic rings. The molecule has 0 radical (unpaired) electrons.